The first kappa shape index (κ1) is 17.6. The predicted molar refractivity (Wildman–Crippen MR) is 94.7 cm³/mol. The van der Waals surface area contributed by atoms with Crippen LogP contribution in [-0.2, 0) is 12.2 Å². The summed E-state index contributed by atoms with van der Waals surface area (Å²) in [4.78, 5) is 0. The molecule has 1 aromatic carbocycles. The van der Waals surface area contributed by atoms with Crippen LogP contribution in [0.15, 0.2) is 24.3 Å². The van der Waals surface area contributed by atoms with Gasteiger partial charge in [0, 0.05) is 5.75 Å². The average Bonchev–Trinajstić information content (AvgIpc) is 2.50. The van der Waals surface area contributed by atoms with Crippen molar-refractivity contribution in [2.75, 3.05) is 0 Å². The van der Waals surface area contributed by atoms with Gasteiger partial charge in [-0.15, -0.1) is 0 Å². The van der Waals surface area contributed by atoms with Gasteiger partial charge in [0.2, 0.25) is 0 Å². The molecule has 0 fully saturated rings. The summed E-state index contributed by atoms with van der Waals surface area (Å²) in [5.41, 5.74) is 2.80. The molecule has 0 spiro atoms. The Labute approximate surface area is 131 Å². The van der Waals surface area contributed by atoms with Crippen LogP contribution in [0, 0.1) is 0 Å². The highest BCUT2D eigenvalue weighted by Gasteiger charge is 1.96. The first-order chi connectivity index (χ1) is 9.86. The first-order valence-electron chi connectivity index (χ1n) is 8.55. The van der Waals surface area contributed by atoms with Crippen LogP contribution < -0.4 is 0 Å². The third-order valence-corrected chi connectivity index (χ3v) is 4.39. The molecule has 1 heteroatoms. The molecule has 0 saturated carbocycles. The number of unbranched alkanes of at least 4 members (excludes halogenated alkanes) is 9. The second kappa shape index (κ2) is 12.3. The van der Waals surface area contributed by atoms with Gasteiger partial charge < -0.3 is 0 Å². The molecule has 0 unspecified atom stereocenters. The van der Waals surface area contributed by atoms with Crippen LogP contribution in [0.4, 0.5) is 0 Å². The quantitative estimate of drug-likeness (QED) is 0.326. The molecule has 0 atom stereocenters. The van der Waals surface area contributed by atoms with Crippen molar-refractivity contribution in [3.05, 3.63) is 35.4 Å². The van der Waals surface area contributed by atoms with Crippen LogP contribution in [0.25, 0.3) is 0 Å². The largest absolute Gasteiger partial charge is 0.175 e. The van der Waals surface area contributed by atoms with Gasteiger partial charge in [-0.2, -0.15) is 12.6 Å². The highest BCUT2D eigenvalue weighted by atomic mass is 32.1. The second-order valence-corrected chi connectivity index (χ2v) is 6.22. The van der Waals surface area contributed by atoms with E-state index in [0.717, 1.165) is 5.75 Å². The first-order valence-corrected chi connectivity index (χ1v) is 9.18. The van der Waals surface area contributed by atoms with Crippen molar-refractivity contribution in [3.8, 4) is 0 Å². The van der Waals surface area contributed by atoms with Crippen molar-refractivity contribution in [2.24, 2.45) is 0 Å². The second-order valence-electron chi connectivity index (χ2n) is 5.91. The third kappa shape index (κ3) is 8.68. The Balaban J connectivity index is 1.91. The lowest BCUT2D eigenvalue weighted by Gasteiger charge is -2.04. The predicted octanol–water partition coefficient (Wildman–Crippen LogP) is 6.58. The van der Waals surface area contributed by atoms with Gasteiger partial charge in [0.15, 0.2) is 0 Å². The van der Waals surface area contributed by atoms with E-state index >= 15 is 0 Å². The van der Waals surface area contributed by atoms with Crippen LogP contribution in [-0.4, -0.2) is 0 Å². The number of rotatable bonds is 12. The number of thiol groups is 1. The Hall–Kier alpha value is -0.430. The molecule has 0 aliphatic carbocycles. The molecule has 114 valence electrons. The highest BCUT2D eigenvalue weighted by Crippen LogP contribution is 2.13. The summed E-state index contributed by atoms with van der Waals surface area (Å²) in [5, 5.41) is 0. The van der Waals surface area contributed by atoms with Gasteiger partial charge in [-0.1, -0.05) is 89.0 Å². The van der Waals surface area contributed by atoms with Crippen molar-refractivity contribution < 1.29 is 0 Å². The summed E-state index contributed by atoms with van der Waals surface area (Å²) in [6.45, 7) is 2.28. The Morgan fingerprint density at radius 3 is 1.60 bits per heavy atom. The van der Waals surface area contributed by atoms with Crippen LogP contribution in [0.1, 0.15) is 82.3 Å². The molecule has 0 saturated heterocycles. The minimum atomic E-state index is 0.846. The van der Waals surface area contributed by atoms with Gasteiger partial charge in [0.1, 0.15) is 0 Å². The Bertz CT molecular complexity index is 315. The van der Waals surface area contributed by atoms with Crippen LogP contribution in [0.3, 0.4) is 0 Å². The zero-order valence-corrected chi connectivity index (χ0v) is 14.1. The van der Waals surface area contributed by atoms with Gasteiger partial charge in [-0.3, -0.25) is 0 Å². The van der Waals surface area contributed by atoms with E-state index in [4.69, 9.17) is 0 Å². The molecule has 0 amide bonds. The van der Waals surface area contributed by atoms with Gasteiger partial charge in [-0.05, 0) is 24.0 Å². The third-order valence-electron chi connectivity index (χ3n) is 4.02. The van der Waals surface area contributed by atoms with E-state index in [1.165, 1.54) is 81.8 Å². The van der Waals surface area contributed by atoms with E-state index in [1.54, 1.807) is 0 Å². The number of hydrogen-bond donors (Lipinski definition) is 1. The minimum Gasteiger partial charge on any atom is -0.175 e. The summed E-state index contributed by atoms with van der Waals surface area (Å²) >= 11 is 4.29. The van der Waals surface area contributed by atoms with Crippen LogP contribution in [0.2, 0.25) is 0 Å². The lowest BCUT2D eigenvalue weighted by Crippen LogP contribution is -1.87. The van der Waals surface area contributed by atoms with Crippen molar-refractivity contribution in [3.63, 3.8) is 0 Å². The van der Waals surface area contributed by atoms with Crippen LogP contribution >= 0.6 is 12.6 Å². The van der Waals surface area contributed by atoms with Crippen molar-refractivity contribution in [1.29, 1.82) is 0 Å². The maximum absolute atomic E-state index is 4.29. The lowest BCUT2D eigenvalue weighted by molar-refractivity contribution is 0.556. The molecule has 0 N–H and O–H groups in total. The number of benzene rings is 1. The fraction of sp³-hybridized carbons (Fsp3) is 0.684. The van der Waals surface area contributed by atoms with E-state index in [0.29, 0.717) is 0 Å². The molecule has 0 aromatic heterocycles. The summed E-state index contributed by atoms with van der Waals surface area (Å²) in [6, 6.07) is 8.94. The van der Waals surface area contributed by atoms with Gasteiger partial charge in [0.25, 0.3) is 0 Å². The molecule has 0 bridgehead atoms. The van der Waals surface area contributed by atoms with E-state index in [1.807, 2.05) is 0 Å². The van der Waals surface area contributed by atoms with Crippen LogP contribution in [0.5, 0.6) is 0 Å². The Morgan fingerprint density at radius 1 is 0.650 bits per heavy atom. The molecular weight excluding hydrogens is 260 g/mol. The summed E-state index contributed by atoms with van der Waals surface area (Å²) in [5.74, 6) is 0.846. The molecule has 0 radical (unpaired) electrons. The molecule has 0 heterocycles. The molecule has 0 aliphatic rings. The molecule has 0 nitrogen and oxygen atoms in total. The van der Waals surface area contributed by atoms with Crippen molar-refractivity contribution in [2.45, 2.75) is 83.3 Å². The monoisotopic (exact) mass is 292 g/mol. The number of hydrogen-bond acceptors (Lipinski definition) is 1. The Kier molecular flexibility index (Phi) is 10.9. The van der Waals surface area contributed by atoms with E-state index in [2.05, 4.69) is 43.8 Å². The topological polar surface area (TPSA) is 0 Å². The zero-order valence-electron chi connectivity index (χ0n) is 13.2. The van der Waals surface area contributed by atoms with Gasteiger partial charge >= 0.3 is 0 Å². The molecule has 1 rings (SSSR count). The summed E-state index contributed by atoms with van der Waals surface area (Å²) in [6.07, 6.45) is 15.4. The maximum Gasteiger partial charge on any atom is 0.0154 e. The van der Waals surface area contributed by atoms with E-state index in [-0.39, 0.29) is 0 Å². The average molecular weight is 293 g/mol. The van der Waals surface area contributed by atoms with Gasteiger partial charge in [0.05, 0.1) is 0 Å². The molecule has 20 heavy (non-hydrogen) atoms. The molecule has 0 aliphatic heterocycles. The molecular formula is C19H32S. The summed E-state index contributed by atoms with van der Waals surface area (Å²) in [7, 11) is 0. The van der Waals surface area contributed by atoms with Gasteiger partial charge in [-0.25, -0.2) is 0 Å². The summed E-state index contributed by atoms with van der Waals surface area (Å²) < 4.78 is 0. The van der Waals surface area contributed by atoms with Crippen molar-refractivity contribution in [1.82, 2.24) is 0 Å². The smallest absolute Gasteiger partial charge is 0.0154 e. The fourth-order valence-corrected chi connectivity index (χ4v) is 2.84. The van der Waals surface area contributed by atoms with Crippen molar-refractivity contribution >= 4 is 12.6 Å². The fourth-order valence-electron chi connectivity index (χ4n) is 2.63. The Morgan fingerprint density at radius 2 is 1.10 bits per heavy atom. The van der Waals surface area contributed by atoms with E-state index in [9.17, 15) is 0 Å². The normalized spacial score (nSPS) is 10.9. The van der Waals surface area contributed by atoms with E-state index < -0.39 is 0 Å². The SMILES string of the molecule is CCCCCCCCCCCCc1ccc(CS)cc1. The highest BCUT2D eigenvalue weighted by molar-refractivity contribution is 7.79. The standard InChI is InChI=1S/C19H32S/c1-2-3-4-5-6-7-8-9-10-11-12-18-13-15-19(17-20)16-14-18/h13-16,20H,2-12,17H2,1H3. The number of aryl methyl sites for hydroxylation is 1. The lowest BCUT2D eigenvalue weighted by atomic mass is 10.0. The maximum atomic E-state index is 4.29. The minimum absolute atomic E-state index is 0.846. The zero-order chi connectivity index (χ0) is 14.5. The molecule has 1 aromatic rings.